The van der Waals surface area contributed by atoms with Gasteiger partial charge in [0.2, 0.25) is 5.91 Å². The highest BCUT2D eigenvalue weighted by atomic mass is 35.5. The van der Waals surface area contributed by atoms with Crippen molar-refractivity contribution in [2.45, 2.75) is 40.2 Å². The lowest BCUT2D eigenvalue weighted by atomic mass is 9.88. The van der Waals surface area contributed by atoms with E-state index in [-0.39, 0.29) is 35.4 Å². The van der Waals surface area contributed by atoms with Gasteiger partial charge in [-0.1, -0.05) is 32.4 Å². The summed E-state index contributed by atoms with van der Waals surface area (Å²) in [6, 6.07) is 4.34. The van der Waals surface area contributed by atoms with Crippen molar-refractivity contribution in [3.05, 3.63) is 28.8 Å². The molecule has 22 heavy (non-hydrogen) atoms. The van der Waals surface area contributed by atoms with E-state index in [1.807, 2.05) is 20.8 Å². The minimum Gasteiger partial charge on any atom is -0.394 e. The fraction of sp³-hybridized carbons (Fsp3) is 0.500. The summed E-state index contributed by atoms with van der Waals surface area (Å²) in [6.07, 6.45) is 0.637. The number of amides is 2. The van der Waals surface area contributed by atoms with Gasteiger partial charge in [-0.2, -0.15) is 0 Å². The van der Waals surface area contributed by atoms with Crippen LogP contribution in [-0.2, 0) is 4.79 Å². The van der Waals surface area contributed by atoms with Crippen LogP contribution in [-0.4, -0.2) is 29.6 Å². The zero-order valence-electron chi connectivity index (χ0n) is 13.4. The third-order valence-electron chi connectivity index (χ3n) is 2.95. The Labute approximate surface area is 136 Å². The molecular formula is C16H23ClN2O3. The van der Waals surface area contributed by atoms with E-state index in [1.165, 1.54) is 13.0 Å². The van der Waals surface area contributed by atoms with Crippen molar-refractivity contribution in [3.8, 4) is 0 Å². The lowest BCUT2D eigenvalue weighted by Crippen LogP contribution is -2.40. The van der Waals surface area contributed by atoms with E-state index in [9.17, 15) is 14.7 Å². The Morgan fingerprint density at radius 1 is 1.32 bits per heavy atom. The van der Waals surface area contributed by atoms with Crippen molar-refractivity contribution in [1.82, 2.24) is 5.32 Å². The van der Waals surface area contributed by atoms with Gasteiger partial charge < -0.3 is 15.7 Å². The normalized spacial score (nSPS) is 12.6. The minimum absolute atomic E-state index is 0.0253. The maximum Gasteiger partial charge on any atom is 0.253 e. The first kappa shape index (κ1) is 18.5. The molecule has 0 aliphatic heterocycles. The Morgan fingerprint density at radius 2 is 1.95 bits per heavy atom. The summed E-state index contributed by atoms with van der Waals surface area (Å²) in [4.78, 5) is 23.4. The summed E-state index contributed by atoms with van der Waals surface area (Å²) in [7, 11) is 0. The predicted molar refractivity (Wildman–Crippen MR) is 88.2 cm³/mol. The molecule has 1 rings (SSSR count). The molecule has 6 heteroatoms. The van der Waals surface area contributed by atoms with Gasteiger partial charge in [-0.3, -0.25) is 9.59 Å². The van der Waals surface area contributed by atoms with E-state index in [2.05, 4.69) is 10.6 Å². The number of carbonyl (C=O) groups excluding carboxylic acids is 2. The molecule has 0 saturated carbocycles. The third-order valence-corrected chi connectivity index (χ3v) is 3.28. The highest BCUT2D eigenvalue weighted by molar-refractivity contribution is 6.34. The van der Waals surface area contributed by atoms with Crippen LogP contribution in [0, 0.1) is 5.41 Å². The van der Waals surface area contributed by atoms with E-state index in [0.29, 0.717) is 17.1 Å². The Bertz CT molecular complexity index is 553. The van der Waals surface area contributed by atoms with E-state index in [4.69, 9.17) is 11.6 Å². The smallest absolute Gasteiger partial charge is 0.253 e. The molecule has 0 fully saturated rings. The van der Waals surface area contributed by atoms with Gasteiger partial charge >= 0.3 is 0 Å². The molecule has 122 valence electrons. The largest absolute Gasteiger partial charge is 0.394 e. The molecule has 2 amide bonds. The molecule has 0 spiro atoms. The number of hydrogen-bond acceptors (Lipinski definition) is 3. The van der Waals surface area contributed by atoms with Crippen LogP contribution in [0.25, 0.3) is 0 Å². The molecule has 3 N–H and O–H groups in total. The molecule has 0 bridgehead atoms. The van der Waals surface area contributed by atoms with Crippen LogP contribution in [0.4, 0.5) is 5.69 Å². The molecule has 0 aliphatic carbocycles. The standard InChI is InChI=1S/C16H23ClN2O3/c1-10(21)18-11-5-6-14(17)13(7-11)15(22)19-12(9-20)8-16(2,3)4/h5-7,12,20H,8-9H2,1-4H3,(H,18,21)(H,19,22). The summed E-state index contributed by atoms with van der Waals surface area (Å²) in [5.41, 5.74) is 0.737. The van der Waals surface area contributed by atoms with Crippen molar-refractivity contribution < 1.29 is 14.7 Å². The highest BCUT2D eigenvalue weighted by Gasteiger charge is 2.21. The van der Waals surface area contributed by atoms with E-state index >= 15 is 0 Å². The SMILES string of the molecule is CC(=O)Nc1ccc(Cl)c(C(=O)NC(CO)CC(C)(C)C)c1. The van der Waals surface area contributed by atoms with Gasteiger partial charge in [-0.25, -0.2) is 0 Å². The topological polar surface area (TPSA) is 78.4 Å². The number of aliphatic hydroxyl groups excluding tert-OH is 1. The van der Waals surface area contributed by atoms with Crippen LogP contribution in [0.1, 0.15) is 44.5 Å². The minimum atomic E-state index is -0.375. The van der Waals surface area contributed by atoms with Crippen LogP contribution in [0.2, 0.25) is 5.02 Å². The number of halogens is 1. The molecule has 5 nitrogen and oxygen atoms in total. The molecule has 0 saturated heterocycles. The summed E-state index contributed by atoms with van der Waals surface area (Å²) >= 11 is 6.05. The van der Waals surface area contributed by atoms with Gasteiger partial charge in [0.15, 0.2) is 0 Å². The zero-order chi connectivity index (χ0) is 16.9. The van der Waals surface area contributed by atoms with E-state index < -0.39 is 0 Å². The first-order valence-corrected chi connectivity index (χ1v) is 7.49. The first-order chi connectivity index (χ1) is 10.1. The summed E-state index contributed by atoms with van der Waals surface area (Å²) in [5, 5.41) is 15.1. The summed E-state index contributed by atoms with van der Waals surface area (Å²) in [6.45, 7) is 7.34. The molecule has 1 atom stereocenters. The summed E-state index contributed by atoms with van der Waals surface area (Å²) < 4.78 is 0. The van der Waals surface area contributed by atoms with Crippen molar-refractivity contribution in [2.75, 3.05) is 11.9 Å². The fourth-order valence-corrected chi connectivity index (χ4v) is 2.35. The van der Waals surface area contributed by atoms with Gasteiger partial charge in [0.25, 0.3) is 5.91 Å². The van der Waals surface area contributed by atoms with Crippen molar-refractivity contribution in [2.24, 2.45) is 5.41 Å². The van der Waals surface area contributed by atoms with E-state index in [1.54, 1.807) is 12.1 Å². The quantitative estimate of drug-likeness (QED) is 0.778. The number of anilines is 1. The second-order valence-electron chi connectivity index (χ2n) is 6.49. The number of carbonyl (C=O) groups is 2. The molecule has 1 aromatic rings. The monoisotopic (exact) mass is 326 g/mol. The highest BCUT2D eigenvalue weighted by Crippen LogP contribution is 2.23. The van der Waals surface area contributed by atoms with E-state index in [0.717, 1.165) is 0 Å². The fourth-order valence-electron chi connectivity index (χ4n) is 2.14. The number of aliphatic hydroxyl groups is 1. The Balaban J connectivity index is 2.89. The van der Waals surface area contributed by atoms with Crippen LogP contribution in [0.15, 0.2) is 18.2 Å². The molecule has 0 aliphatic rings. The predicted octanol–water partition coefficient (Wildman–Crippen LogP) is 2.83. The Kier molecular flexibility index (Phi) is 6.38. The number of benzene rings is 1. The lowest BCUT2D eigenvalue weighted by molar-refractivity contribution is -0.114. The maximum absolute atomic E-state index is 12.3. The number of rotatable bonds is 5. The molecule has 0 aromatic heterocycles. The number of nitrogens with one attached hydrogen (secondary N) is 2. The number of hydrogen-bond donors (Lipinski definition) is 3. The van der Waals surface area contributed by atoms with Crippen molar-refractivity contribution in [3.63, 3.8) is 0 Å². The van der Waals surface area contributed by atoms with Gasteiger partial charge in [-0.05, 0) is 30.0 Å². The van der Waals surface area contributed by atoms with Gasteiger partial charge in [0, 0.05) is 12.6 Å². The molecular weight excluding hydrogens is 304 g/mol. The summed E-state index contributed by atoms with van der Waals surface area (Å²) in [5.74, 6) is -0.602. The molecule has 0 radical (unpaired) electrons. The van der Waals surface area contributed by atoms with Crippen LogP contribution in [0.3, 0.4) is 0 Å². The second-order valence-corrected chi connectivity index (χ2v) is 6.90. The Hall–Kier alpha value is -1.59. The average Bonchev–Trinajstić information content (AvgIpc) is 2.37. The zero-order valence-corrected chi connectivity index (χ0v) is 14.1. The Morgan fingerprint density at radius 3 is 2.45 bits per heavy atom. The van der Waals surface area contributed by atoms with Crippen LogP contribution < -0.4 is 10.6 Å². The van der Waals surface area contributed by atoms with Crippen molar-refractivity contribution in [1.29, 1.82) is 0 Å². The maximum atomic E-state index is 12.3. The van der Waals surface area contributed by atoms with Gasteiger partial charge in [-0.15, -0.1) is 0 Å². The van der Waals surface area contributed by atoms with Gasteiger partial charge in [0.05, 0.1) is 23.2 Å². The van der Waals surface area contributed by atoms with Gasteiger partial charge in [0.1, 0.15) is 0 Å². The molecule has 1 aromatic carbocycles. The van der Waals surface area contributed by atoms with Crippen LogP contribution in [0.5, 0.6) is 0 Å². The lowest BCUT2D eigenvalue weighted by Gasteiger charge is -2.25. The first-order valence-electron chi connectivity index (χ1n) is 7.11. The van der Waals surface area contributed by atoms with Crippen LogP contribution >= 0.6 is 11.6 Å². The molecule has 1 unspecified atom stereocenters. The van der Waals surface area contributed by atoms with Crippen molar-refractivity contribution >= 4 is 29.1 Å². The average molecular weight is 327 g/mol. The molecule has 0 heterocycles. The second kappa shape index (κ2) is 7.61. The third kappa shape index (κ3) is 6.03.